The van der Waals surface area contributed by atoms with Crippen molar-refractivity contribution in [3.8, 4) is 11.5 Å². The van der Waals surface area contributed by atoms with E-state index in [0.717, 1.165) is 38.5 Å². The zero-order valence-electron chi connectivity index (χ0n) is 14.6. The molecule has 0 atom stereocenters. The first-order valence-electron chi connectivity index (χ1n) is 8.17. The van der Waals surface area contributed by atoms with Gasteiger partial charge in [0.15, 0.2) is 0 Å². The number of allylic oxidation sites excluding steroid dienone is 1. The first-order chi connectivity index (χ1) is 11.6. The monoisotopic (exact) mass is 336 g/mol. The number of hydrogen-bond donors (Lipinski definition) is 2. The van der Waals surface area contributed by atoms with Gasteiger partial charge in [0, 0.05) is 19.0 Å². The number of carbonyl (C=O) groups excluding carboxylic acids is 1. The van der Waals surface area contributed by atoms with E-state index in [0.29, 0.717) is 29.4 Å². The maximum Gasteiger partial charge on any atom is 0.255 e. The molecule has 0 heterocycles. The van der Waals surface area contributed by atoms with Gasteiger partial charge in [-0.05, 0) is 25.0 Å². The molecule has 0 aliphatic heterocycles. The Balaban J connectivity index is 2.24. The molecule has 1 aromatic rings. The van der Waals surface area contributed by atoms with Crippen LogP contribution >= 0.6 is 0 Å². The van der Waals surface area contributed by atoms with Gasteiger partial charge in [0.05, 0.1) is 19.8 Å². The normalized spacial score (nSPS) is 10.1. The number of methoxy groups -OCH3 is 2. The van der Waals surface area contributed by atoms with E-state index in [9.17, 15) is 4.79 Å². The Bertz CT molecular complexity index is 532. The Morgan fingerprint density at radius 1 is 1.12 bits per heavy atom. The van der Waals surface area contributed by atoms with Crippen LogP contribution in [0.2, 0.25) is 0 Å². The van der Waals surface area contributed by atoms with Crippen LogP contribution in [0.4, 0.5) is 0 Å². The van der Waals surface area contributed by atoms with Crippen molar-refractivity contribution in [1.82, 2.24) is 5.32 Å². The molecule has 134 valence electrons. The Hall–Kier alpha value is -2.21. The number of rotatable bonds is 12. The number of carbonyl (C=O) groups is 1. The summed E-state index contributed by atoms with van der Waals surface area (Å²) in [6.45, 7) is 4.33. The first kappa shape index (κ1) is 19.8. The second kappa shape index (κ2) is 11.3. The van der Waals surface area contributed by atoms with E-state index in [1.54, 1.807) is 25.3 Å². The highest BCUT2D eigenvalue weighted by Crippen LogP contribution is 2.24. The highest BCUT2D eigenvalue weighted by atomic mass is 16.6. The molecule has 6 heteroatoms. The quantitative estimate of drug-likeness (QED) is 0.348. The van der Waals surface area contributed by atoms with Gasteiger partial charge < -0.3 is 19.6 Å². The van der Waals surface area contributed by atoms with Crippen LogP contribution in [0.5, 0.6) is 11.5 Å². The Kier molecular flexibility index (Phi) is 9.38. The number of nitrogens with one attached hydrogen (secondary N) is 1. The topological polar surface area (TPSA) is 82.8 Å². The number of amides is 1. The predicted molar refractivity (Wildman–Crippen MR) is 94.0 cm³/mol. The molecule has 0 aromatic heterocycles. The van der Waals surface area contributed by atoms with Crippen LogP contribution < -0.4 is 20.7 Å². The summed E-state index contributed by atoms with van der Waals surface area (Å²) >= 11 is 0. The average Bonchev–Trinajstić information content (AvgIpc) is 2.62. The lowest BCUT2D eigenvalue weighted by Crippen LogP contribution is -2.24. The average molecular weight is 336 g/mol. The minimum atomic E-state index is -0.133. The fourth-order valence-electron chi connectivity index (χ4n) is 2.32. The van der Waals surface area contributed by atoms with E-state index >= 15 is 0 Å². The van der Waals surface area contributed by atoms with Crippen molar-refractivity contribution < 1.29 is 19.1 Å². The highest BCUT2D eigenvalue weighted by Gasteiger charge is 2.12. The van der Waals surface area contributed by atoms with E-state index in [2.05, 4.69) is 16.7 Å². The minimum absolute atomic E-state index is 0.133. The fraction of sp³-hybridized carbons (Fsp3) is 0.500. The summed E-state index contributed by atoms with van der Waals surface area (Å²) in [6.07, 6.45) is 6.03. The number of ether oxygens (including phenoxy) is 2. The van der Waals surface area contributed by atoms with Crippen LogP contribution in [0.3, 0.4) is 0 Å². The smallest absolute Gasteiger partial charge is 0.255 e. The SMILES string of the molecule is C=C(CCCCCCCNC(=O)c1ccc(OC)cc1OC)ON. The third-order valence-corrected chi connectivity index (χ3v) is 3.74. The van der Waals surface area contributed by atoms with E-state index in [-0.39, 0.29) is 5.91 Å². The minimum Gasteiger partial charge on any atom is -0.497 e. The van der Waals surface area contributed by atoms with Crippen LogP contribution in [-0.4, -0.2) is 26.7 Å². The lowest BCUT2D eigenvalue weighted by molar-refractivity contribution is 0.0950. The number of benzene rings is 1. The summed E-state index contributed by atoms with van der Waals surface area (Å²) in [4.78, 5) is 16.7. The molecule has 3 N–H and O–H groups in total. The van der Waals surface area contributed by atoms with Gasteiger partial charge >= 0.3 is 0 Å². The van der Waals surface area contributed by atoms with Crippen molar-refractivity contribution in [2.45, 2.75) is 38.5 Å². The maximum atomic E-state index is 12.2. The Morgan fingerprint density at radius 2 is 1.83 bits per heavy atom. The molecule has 0 fully saturated rings. The van der Waals surface area contributed by atoms with Crippen LogP contribution in [0.25, 0.3) is 0 Å². The van der Waals surface area contributed by atoms with E-state index in [1.165, 1.54) is 7.11 Å². The van der Waals surface area contributed by atoms with Gasteiger partial charge in [-0.15, -0.1) is 0 Å². The summed E-state index contributed by atoms with van der Waals surface area (Å²) in [7, 11) is 3.11. The third-order valence-electron chi connectivity index (χ3n) is 3.74. The number of unbranched alkanes of at least 4 members (excludes halogenated alkanes) is 4. The largest absolute Gasteiger partial charge is 0.497 e. The van der Waals surface area contributed by atoms with Crippen molar-refractivity contribution in [2.24, 2.45) is 5.90 Å². The first-order valence-corrected chi connectivity index (χ1v) is 8.17. The van der Waals surface area contributed by atoms with Gasteiger partial charge in [0.1, 0.15) is 17.3 Å². The van der Waals surface area contributed by atoms with Crippen LogP contribution in [-0.2, 0) is 4.84 Å². The number of hydrogen-bond acceptors (Lipinski definition) is 5. The van der Waals surface area contributed by atoms with Crippen molar-refractivity contribution >= 4 is 5.91 Å². The second-order valence-corrected chi connectivity index (χ2v) is 5.50. The molecule has 0 radical (unpaired) electrons. The van der Waals surface area contributed by atoms with Crippen molar-refractivity contribution in [3.05, 3.63) is 36.1 Å². The van der Waals surface area contributed by atoms with Crippen molar-refractivity contribution in [2.75, 3.05) is 20.8 Å². The van der Waals surface area contributed by atoms with Gasteiger partial charge in [0.25, 0.3) is 5.91 Å². The van der Waals surface area contributed by atoms with Gasteiger partial charge in [-0.1, -0.05) is 25.8 Å². The Morgan fingerprint density at radius 3 is 2.50 bits per heavy atom. The predicted octanol–water partition coefficient (Wildman–Crippen LogP) is 3.18. The molecule has 24 heavy (non-hydrogen) atoms. The molecule has 1 rings (SSSR count). The van der Waals surface area contributed by atoms with Crippen LogP contribution in [0.1, 0.15) is 48.9 Å². The molecule has 0 saturated heterocycles. The van der Waals surface area contributed by atoms with Crippen molar-refractivity contribution in [1.29, 1.82) is 0 Å². The maximum absolute atomic E-state index is 12.2. The molecule has 1 amide bonds. The number of nitrogens with two attached hydrogens (primary N) is 1. The standard InChI is InChI=1S/C18H28N2O4/c1-14(24-19)9-7-5-4-6-8-12-20-18(21)16-11-10-15(22-2)13-17(16)23-3/h10-11,13H,1,4-9,12,19H2,2-3H3,(H,20,21). The molecule has 0 aliphatic rings. The zero-order valence-corrected chi connectivity index (χ0v) is 14.6. The summed E-state index contributed by atoms with van der Waals surface area (Å²) in [5.41, 5.74) is 0.513. The van der Waals surface area contributed by atoms with Crippen LogP contribution in [0, 0.1) is 0 Å². The van der Waals surface area contributed by atoms with E-state index < -0.39 is 0 Å². The van der Waals surface area contributed by atoms with Gasteiger partial charge in [-0.2, -0.15) is 5.90 Å². The molecule has 0 spiro atoms. The van der Waals surface area contributed by atoms with Crippen molar-refractivity contribution in [3.63, 3.8) is 0 Å². The molecule has 0 saturated carbocycles. The molecular weight excluding hydrogens is 308 g/mol. The second-order valence-electron chi connectivity index (χ2n) is 5.50. The highest BCUT2D eigenvalue weighted by molar-refractivity contribution is 5.97. The Labute approximate surface area is 143 Å². The molecule has 1 aromatic carbocycles. The van der Waals surface area contributed by atoms with E-state index in [1.807, 2.05) is 0 Å². The molecule has 0 aliphatic carbocycles. The summed E-state index contributed by atoms with van der Waals surface area (Å²) in [5, 5.41) is 2.92. The van der Waals surface area contributed by atoms with Gasteiger partial charge in [-0.3, -0.25) is 4.79 Å². The molecule has 0 unspecified atom stereocenters. The summed E-state index contributed by atoms with van der Waals surface area (Å²) < 4.78 is 10.4. The molecule has 0 bridgehead atoms. The molecule has 6 nitrogen and oxygen atoms in total. The molecular formula is C18H28N2O4. The third kappa shape index (κ3) is 6.91. The van der Waals surface area contributed by atoms with E-state index in [4.69, 9.17) is 15.4 Å². The van der Waals surface area contributed by atoms with Gasteiger partial charge in [-0.25, -0.2) is 0 Å². The lowest BCUT2D eigenvalue weighted by Gasteiger charge is -2.10. The lowest BCUT2D eigenvalue weighted by atomic mass is 10.1. The van der Waals surface area contributed by atoms with Crippen LogP contribution in [0.15, 0.2) is 30.5 Å². The summed E-state index contributed by atoms with van der Waals surface area (Å²) in [5.74, 6) is 6.66. The zero-order chi connectivity index (χ0) is 17.8. The fourth-order valence-corrected chi connectivity index (χ4v) is 2.32. The van der Waals surface area contributed by atoms with Gasteiger partial charge in [0.2, 0.25) is 0 Å². The summed E-state index contributed by atoms with van der Waals surface area (Å²) in [6, 6.07) is 5.16.